The van der Waals surface area contributed by atoms with Crippen molar-refractivity contribution in [2.45, 2.75) is 335 Å². The molecule has 0 heterocycles. The van der Waals surface area contributed by atoms with Crippen LogP contribution in [0, 0.1) is 0 Å². The van der Waals surface area contributed by atoms with E-state index >= 15 is 0 Å². The van der Waals surface area contributed by atoms with Gasteiger partial charge in [-0.1, -0.05) is 319 Å². The molecule has 474 valence electrons. The van der Waals surface area contributed by atoms with Gasteiger partial charge in [0.2, 0.25) is 0 Å². The average molecular weight is 1160 g/mol. The van der Waals surface area contributed by atoms with Crippen molar-refractivity contribution in [1.29, 1.82) is 0 Å². The van der Waals surface area contributed by atoms with Crippen LogP contribution in [0.2, 0.25) is 0 Å². The number of allylic oxidation sites excluding steroid dienone is 10. The lowest BCUT2D eigenvalue weighted by atomic mass is 10.0. The highest BCUT2D eigenvalue weighted by Gasteiger charge is 2.27. The van der Waals surface area contributed by atoms with E-state index < -0.39 is 26.5 Å². The van der Waals surface area contributed by atoms with Crippen molar-refractivity contribution in [1.82, 2.24) is 0 Å². The lowest BCUT2D eigenvalue weighted by molar-refractivity contribution is -0.870. The largest absolute Gasteiger partial charge is 0.472 e. The molecule has 2 atom stereocenters. The summed E-state index contributed by atoms with van der Waals surface area (Å²) in [6, 6.07) is 0. The van der Waals surface area contributed by atoms with Gasteiger partial charge in [-0.25, -0.2) is 4.57 Å². The highest BCUT2D eigenvalue weighted by molar-refractivity contribution is 7.47. The summed E-state index contributed by atoms with van der Waals surface area (Å²) in [6.07, 6.45) is 81.8. The number of phosphoric ester groups is 1. The highest BCUT2D eigenvalue weighted by Crippen LogP contribution is 2.43. The zero-order chi connectivity index (χ0) is 59.1. The number of carbonyl (C=O) groups excluding carboxylic acids is 2. The van der Waals surface area contributed by atoms with Crippen molar-refractivity contribution in [2.24, 2.45) is 0 Å². The number of quaternary nitrogens is 1. The standard InChI is InChI=1S/C71H132NO8P/c1-6-8-10-12-14-16-18-20-22-24-26-28-30-32-34-35-36-38-39-41-43-45-47-49-51-53-55-57-59-61-63-70(73)77-67-69(68-79-81(75,76)78-66-65-72(3,4)5)80-71(74)64-62-60-58-56-54-52-50-48-46-44-42-40-37-33-31-29-27-25-23-21-19-17-15-13-11-9-7-2/h9,11,15,17,21,23,27,29,33,37,69H,6-8,10,12-14,16,18-20,22,24-26,28,30-32,34-36,38-68H2,1-5H3/p+1/b11-9-,17-15-,23-21-,29-27-,37-33-. The number of ether oxygens (including phenoxy) is 2. The molecule has 0 radical (unpaired) electrons. The van der Waals surface area contributed by atoms with Crippen LogP contribution in [-0.4, -0.2) is 74.9 Å². The number of esters is 2. The van der Waals surface area contributed by atoms with Gasteiger partial charge in [0.1, 0.15) is 19.8 Å². The third kappa shape index (κ3) is 66.7. The number of phosphoric acid groups is 1. The fourth-order valence-corrected chi connectivity index (χ4v) is 10.8. The van der Waals surface area contributed by atoms with Crippen molar-refractivity contribution < 1.29 is 42.1 Å². The molecule has 0 fully saturated rings. The second-order valence-electron chi connectivity index (χ2n) is 24.5. The van der Waals surface area contributed by atoms with Crippen LogP contribution in [0.1, 0.15) is 328 Å². The number of likely N-dealkylation sites (N-methyl/N-ethyl adjacent to an activating group) is 1. The molecule has 0 aromatic carbocycles. The Bertz CT molecular complexity index is 1550. The molecule has 0 aromatic rings. The number of unbranched alkanes of at least 4 members (excludes halogenated alkanes) is 40. The van der Waals surface area contributed by atoms with Crippen molar-refractivity contribution in [3.63, 3.8) is 0 Å². The Hall–Kier alpha value is -2.29. The molecule has 81 heavy (non-hydrogen) atoms. The molecule has 0 saturated carbocycles. The third-order valence-corrected chi connectivity index (χ3v) is 16.3. The molecule has 0 rings (SSSR count). The molecular formula is C71H133NO8P+. The summed E-state index contributed by atoms with van der Waals surface area (Å²) in [4.78, 5) is 35.9. The van der Waals surface area contributed by atoms with Crippen LogP contribution in [0.5, 0.6) is 0 Å². The van der Waals surface area contributed by atoms with Crippen molar-refractivity contribution >= 4 is 19.8 Å². The average Bonchev–Trinajstić information content (AvgIpc) is 3.43. The van der Waals surface area contributed by atoms with Crippen LogP contribution in [-0.2, 0) is 32.7 Å². The fraction of sp³-hybridized carbons (Fsp3) is 0.831. The Kier molecular flexibility index (Phi) is 60.5. The van der Waals surface area contributed by atoms with Crippen LogP contribution < -0.4 is 0 Å². The molecule has 0 aliphatic carbocycles. The predicted octanol–water partition coefficient (Wildman–Crippen LogP) is 22.2. The zero-order valence-corrected chi connectivity index (χ0v) is 54.9. The highest BCUT2D eigenvalue weighted by atomic mass is 31.2. The summed E-state index contributed by atoms with van der Waals surface area (Å²) in [7, 11) is 1.48. The molecule has 0 aliphatic heterocycles. The van der Waals surface area contributed by atoms with E-state index in [2.05, 4.69) is 74.6 Å². The second-order valence-corrected chi connectivity index (χ2v) is 26.0. The predicted molar refractivity (Wildman–Crippen MR) is 349 cm³/mol. The molecule has 0 spiro atoms. The van der Waals surface area contributed by atoms with Gasteiger partial charge in [0, 0.05) is 12.8 Å². The van der Waals surface area contributed by atoms with Crippen LogP contribution in [0.3, 0.4) is 0 Å². The first kappa shape index (κ1) is 78.7. The molecule has 9 nitrogen and oxygen atoms in total. The molecule has 0 bridgehead atoms. The summed E-state index contributed by atoms with van der Waals surface area (Å²) in [5, 5.41) is 0. The lowest BCUT2D eigenvalue weighted by Gasteiger charge is -2.24. The van der Waals surface area contributed by atoms with Crippen LogP contribution in [0.4, 0.5) is 0 Å². The Balaban J connectivity index is 4.03. The van der Waals surface area contributed by atoms with E-state index in [-0.39, 0.29) is 25.6 Å². The molecule has 0 aromatic heterocycles. The van der Waals surface area contributed by atoms with Gasteiger partial charge >= 0.3 is 19.8 Å². The Morgan fingerprint density at radius 1 is 0.395 bits per heavy atom. The Morgan fingerprint density at radius 2 is 0.704 bits per heavy atom. The lowest BCUT2D eigenvalue weighted by Crippen LogP contribution is -2.37. The molecule has 2 unspecified atom stereocenters. The fourth-order valence-electron chi connectivity index (χ4n) is 10.0. The van der Waals surface area contributed by atoms with Gasteiger partial charge in [0.15, 0.2) is 6.10 Å². The molecule has 0 amide bonds. The van der Waals surface area contributed by atoms with E-state index in [1.807, 2.05) is 21.1 Å². The van der Waals surface area contributed by atoms with Crippen LogP contribution >= 0.6 is 7.82 Å². The normalized spacial score (nSPS) is 13.5. The first-order valence-electron chi connectivity index (χ1n) is 34.5. The number of nitrogens with zero attached hydrogens (tertiary/aromatic N) is 1. The van der Waals surface area contributed by atoms with Crippen molar-refractivity contribution in [3.8, 4) is 0 Å². The van der Waals surface area contributed by atoms with Crippen molar-refractivity contribution in [2.75, 3.05) is 47.5 Å². The second kappa shape index (κ2) is 62.2. The van der Waals surface area contributed by atoms with Gasteiger partial charge in [-0.05, 0) is 57.8 Å². The van der Waals surface area contributed by atoms with Gasteiger partial charge in [-0.3, -0.25) is 18.6 Å². The number of hydrogen-bond donors (Lipinski definition) is 1. The minimum absolute atomic E-state index is 0.0311. The maximum atomic E-state index is 12.9. The topological polar surface area (TPSA) is 108 Å². The van der Waals surface area contributed by atoms with Gasteiger partial charge in [0.25, 0.3) is 0 Å². The SMILES string of the molecule is CC/C=C\C/C=C\C/C=C\C/C=C\C/C=C\CCCCCCCCCCCCCC(=O)OC(COC(=O)CCCCCCCCCCCCCCCCCCCCCCCCCCCCCCCC)COP(=O)(O)OCC[N+](C)(C)C. The monoisotopic (exact) mass is 1160 g/mol. The number of carbonyl (C=O) groups is 2. The molecular weight excluding hydrogens is 1030 g/mol. The Morgan fingerprint density at radius 3 is 1.05 bits per heavy atom. The number of hydrogen-bond acceptors (Lipinski definition) is 7. The van der Waals surface area contributed by atoms with Crippen molar-refractivity contribution in [3.05, 3.63) is 60.8 Å². The van der Waals surface area contributed by atoms with Gasteiger partial charge < -0.3 is 18.9 Å². The maximum Gasteiger partial charge on any atom is 0.472 e. The first-order valence-corrected chi connectivity index (χ1v) is 36.0. The first-order chi connectivity index (χ1) is 39.5. The summed E-state index contributed by atoms with van der Waals surface area (Å²) in [6.45, 7) is 4.37. The van der Waals surface area contributed by atoms with Gasteiger partial charge in [0.05, 0.1) is 27.7 Å². The van der Waals surface area contributed by atoms with Crippen LogP contribution in [0.25, 0.3) is 0 Å². The summed E-state index contributed by atoms with van der Waals surface area (Å²) >= 11 is 0. The minimum Gasteiger partial charge on any atom is -0.462 e. The van der Waals surface area contributed by atoms with E-state index in [1.165, 1.54) is 225 Å². The minimum atomic E-state index is -4.39. The summed E-state index contributed by atoms with van der Waals surface area (Å²) < 4.78 is 34.7. The number of rotatable bonds is 64. The molecule has 1 N–H and O–H groups in total. The summed E-state index contributed by atoms with van der Waals surface area (Å²) in [5.74, 6) is -0.786. The van der Waals surface area contributed by atoms with E-state index in [0.717, 1.165) is 70.6 Å². The Labute approximate surface area is 502 Å². The van der Waals surface area contributed by atoms with E-state index in [1.54, 1.807) is 0 Å². The zero-order valence-electron chi connectivity index (χ0n) is 54.0. The van der Waals surface area contributed by atoms with E-state index in [9.17, 15) is 19.0 Å². The van der Waals surface area contributed by atoms with Gasteiger partial charge in [-0.2, -0.15) is 0 Å². The van der Waals surface area contributed by atoms with Gasteiger partial charge in [-0.15, -0.1) is 0 Å². The molecule has 0 saturated heterocycles. The third-order valence-electron chi connectivity index (χ3n) is 15.3. The van der Waals surface area contributed by atoms with Crippen LogP contribution in [0.15, 0.2) is 60.8 Å². The quantitative estimate of drug-likeness (QED) is 0.0211. The van der Waals surface area contributed by atoms with E-state index in [0.29, 0.717) is 23.9 Å². The maximum absolute atomic E-state index is 12.9. The molecule has 0 aliphatic rings. The van der Waals surface area contributed by atoms with E-state index in [4.69, 9.17) is 18.5 Å². The smallest absolute Gasteiger partial charge is 0.462 e. The molecule has 10 heteroatoms. The summed E-state index contributed by atoms with van der Waals surface area (Å²) in [5.41, 5.74) is 0.